The fraction of sp³-hybridized carbons (Fsp3) is 0.200. The van der Waals surface area contributed by atoms with Crippen molar-refractivity contribution in [2.24, 2.45) is 0 Å². The van der Waals surface area contributed by atoms with Crippen LogP contribution in [0.5, 0.6) is 0 Å². The molecule has 0 saturated carbocycles. The Kier molecular flexibility index (Phi) is 4.25. The third kappa shape index (κ3) is 3.27. The number of nitrogens with one attached hydrogen (secondary N) is 1. The van der Waals surface area contributed by atoms with Crippen LogP contribution in [0.2, 0.25) is 5.02 Å². The van der Waals surface area contributed by atoms with Gasteiger partial charge in [0.1, 0.15) is 0 Å². The van der Waals surface area contributed by atoms with Crippen molar-refractivity contribution >= 4 is 23.0 Å². The number of nitro benzene ring substituents is 1. The molecule has 0 radical (unpaired) electrons. The molecule has 0 amide bonds. The number of non-ortho nitro benzene ring substituents is 1. The highest BCUT2D eigenvalue weighted by Gasteiger charge is 2.07. The first-order valence-electron chi connectivity index (χ1n) is 6.21. The van der Waals surface area contributed by atoms with Gasteiger partial charge in [0.05, 0.1) is 4.92 Å². The molecule has 20 heavy (non-hydrogen) atoms. The fourth-order valence-electron chi connectivity index (χ4n) is 1.90. The summed E-state index contributed by atoms with van der Waals surface area (Å²) in [4.78, 5) is 10.3. The van der Waals surface area contributed by atoms with Crippen LogP contribution in [0, 0.1) is 24.0 Å². The summed E-state index contributed by atoms with van der Waals surface area (Å²) in [6.07, 6.45) is 0. The molecule has 1 N–H and O–H groups in total. The van der Waals surface area contributed by atoms with E-state index >= 15 is 0 Å². The Morgan fingerprint density at radius 2 is 1.90 bits per heavy atom. The molecule has 0 aliphatic carbocycles. The van der Waals surface area contributed by atoms with E-state index in [0.717, 1.165) is 27.4 Å². The van der Waals surface area contributed by atoms with Gasteiger partial charge in [-0.2, -0.15) is 0 Å². The number of halogens is 1. The molecule has 0 aromatic heterocycles. The Morgan fingerprint density at radius 1 is 1.15 bits per heavy atom. The molecule has 0 saturated heterocycles. The predicted octanol–water partition coefficient (Wildman–Crippen LogP) is 4.48. The smallest absolute Gasteiger partial charge is 0.269 e. The Hall–Kier alpha value is -2.07. The Labute approximate surface area is 122 Å². The van der Waals surface area contributed by atoms with E-state index in [-0.39, 0.29) is 5.69 Å². The van der Waals surface area contributed by atoms with E-state index in [9.17, 15) is 10.1 Å². The van der Waals surface area contributed by atoms with Crippen LogP contribution in [0.1, 0.15) is 16.7 Å². The van der Waals surface area contributed by atoms with Gasteiger partial charge in [0.15, 0.2) is 0 Å². The first kappa shape index (κ1) is 14.3. The van der Waals surface area contributed by atoms with E-state index in [0.29, 0.717) is 6.54 Å². The Bertz CT molecular complexity index is 656. The van der Waals surface area contributed by atoms with Gasteiger partial charge in [-0.15, -0.1) is 0 Å². The molecule has 0 bridgehead atoms. The van der Waals surface area contributed by atoms with Crippen LogP contribution in [0.3, 0.4) is 0 Å². The second kappa shape index (κ2) is 5.92. The number of nitro groups is 1. The third-order valence-corrected chi connectivity index (χ3v) is 3.55. The van der Waals surface area contributed by atoms with E-state index in [1.807, 2.05) is 32.0 Å². The summed E-state index contributed by atoms with van der Waals surface area (Å²) in [5.41, 5.74) is 3.94. The number of rotatable bonds is 4. The van der Waals surface area contributed by atoms with Crippen molar-refractivity contribution in [1.29, 1.82) is 0 Å². The summed E-state index contributed by atoms with van der Waals surface area (Å²) in [7, 11) is 0. The first-order valence-corrected chi connectivity index (χ1v) is 6.59. The molecule has 0 aliphatic heterocycles. The van der Waals surface area contributed by atoms with Gasteiger partial charge in [0, 0.05) is 29.4 Å². The standard InChI is InChI=1S/C15H15ClN2O2/c1-10-3-4-12(8-14(10)16)9-17-15-6-5-13(18(19)20)7-11(15)2/h3-8,17H,9H2,1-2H3. The largest absolute Gasteiger partial charge is 0.381 e. The van der Waals surface area contributed by atoms with Crippen molar-refractivity contribution in [3.8, 4) is 0 Å². The van der Waals surface area contributed by atoms with Gasteiger partial charge in [-0.25, -0.2) is 0 Å². The van der Waals surface area contributed by atoms with Crippen molar-refractivity contribution in [2.45, 2.75) is 20.4 Å². The van der Waals surface area contributed by atoms with Gasteiger partial charge in [-0.1, -0.05) is 23.7 Å². The molecule has 2 rings (SSSR count). The minimum Gasteiger partial charge on any atom is -0.381 e. The van der Waals surface area contributed by atoms with Crippen LogP contribution < -0.4 is 5.32 Å². The van der Waals surface area contributed by atoms with Gasteiger partial charge in [0.25, 0.3) is 5.69 Å². The molecule has 0 fully saturated rings. The molecule has 2 aromatic rings. The van der Waals surface area contributed by atoms with Crippen LogP contribution in [0.25, 0.3) is 0 Å². The second-order valence-electron chi connectivity index (χ2n) is 4.69. The summed E-state index contributed by atoms with van der Waals surface area (Å²) >= 11 is 6.08. The summed E-state index contributed by atoms with van der Waals surface area (Å²) in [6.45, 7) is 4.43. The van der Waals surface area contributed by atoms with Crippen molar-refractivity contribution in [1.82, 2.24) is 0 Å². The lowest BCUT2D eigenvalue weighted by Crippen LogP contribution is -2.01. The van der Waals surface area contributed by atoms with Gasteiger partial charge < -0.3 is 5.32 Å². The lowest BCUT2D eigenvalue weighted by Gasteiger charge is -2.10. The lowest BCUT2D eigenvalue weighted by molar-refractivity contribution is -0.384. The summed E-state index contributed by atoms with van der Waals surface area (Å²) < 4.78 is 0. The van der Waals surface area contributed by atoms with Crippen LogP contribution in [0.15, 0.2) is 36.4 Å². The van der Waals surface area contributed by atoms with E-state index in [1.165, 1.54) is 6.07 Å². The maximum atomic E-state index is 10.7. The molecular weight excluding hydrogens is 276 g/mol. The van der Waals surface area contributed by atoms with Gasteiger partial charge in [-0.05, 0) is 42.7 Å². The van der Waals surface area contributed by atoms with Crippen LogP contribution in [-0.2, 0) is 6.54 Å². The molecule has 2 aromatic carbocycles. The van der Waals surface area contributed by atoms with Crippen molar-refractivity contribution in [2.75, 3.05) is 5.32 Å². The Morgan fingerprint density at radius 3 is 2.50 bits per heavy atom. The minimum absolute atomic E-state index is 0.103. The van der Waals surface area contributed by atoms with E-state index in [4.69, 9.17) is 11.6 Å². The molecule has 0 aliphatic rings. The maximum Gasteiger partial charge on any atom is 0.269 e. The number of benzene rings is 2. The van der Waals surface area contributed by atoms with Crippen LogP contribution in [0.4, 0.5) is 11.4 Å². The zero-order valence-corrected chi connectivity index (χ0v) is 12.1. The number of anilines is 1. The molecular formula is C15H15ClN2O2. The van der Waals surface area contributed by atoms with Crippen molar-refractivity contribution in [3.63, 3.8) is 0 Å². The molecule has 5 heteroatoms. The zero-order chi connectivity index (χ0) is 14.7. The topological polar surface area (TPSA) is 55.2 Å². The average Bonchev–Trinajstić information content (AvgIpc) is 2.41. The summed E-state index contributed by atoms with van der Waals surface area (Å²) in [5.74, 6) is 0. The number of hydrogen-bond donors (Lipinski definition) is 1. The lowest BCUT2D eigenvalue weighted by atomic mass is 10.1. The molecule has 0 atom stereocenters. The van der Waals surface area contributed by atoms with Gasteiger partial charge in [-0.3, -0.25) is 10.1 Å². The van der Waals surface area contributed by atoms with Crippen LogP contribution in [-0.4, -0.2) is 4.92 Å². The van der Waals surface area contributed by atoms with Gasteiger partial charge in [0.2, 0.25) is 0 Å². The summed E-state index contributed by atoms with van der Waals surface area (Å²) in [5, 5.41) is 14.7. The predicted molar refractivity (Wildman–Crippen MR) is 81.3 cm³/mol. The quantitative estimate of drug-likeness (QED) is 0.667. The molecule has 0 heterocycles. The molecule has 0 unspecified atom stereocenters. The summed E-state index contributed by atoms with van der Waals surface area (Å²) in [6, 6.07) is 10.7. The third-order valence-electron chi connectivity index (χ3n) is 3.14. The number of nitrogens with zero attached hydrogens (tertiary/aromatic N) is 1. The number of aryl methyl sites for hydroxylation is 2. The number of hydrogen-bond acceptors (Lipinski definition) is 3. The van der Waals surface area contributed by atoms with Crippen molar-refractivity contribution in [3.05, 3.63) is 68.2 Å². The van der Waals surface area contributed by atoms with Gasteiger partial charge >= 0.3 is 0 Å². The average molecular weight is 291 g/mol. The highest BCUT2D eigenvalue weighted by atomic mass is 35.5. The second-order valence-corrected chi connectivity index (χ2v) is 5.10. The highest BCUT2D eigenvalue weighted by Crippen LogP contribution is 2.22. The maximum absolute atomic E-state index is 10.7. The monoisotopic (exact) mass is 290 g/mol. The molecule has 0 spiro atoms. The van der Waals surface area contributed by atoms with E-state index in [2.05, 4.69) is 5.32 Å². The SMILES string of the molecule is Cc1ccc(CNc2ccc([N+](=O)[O-])cc2C)cc1Cl. The highest BCUT2D eigenvalue weighted by molar-refractivity contribution is 6.31. The molecule has 104 valence electrons. The van der Waals surface area contributed by atoms with Crippen LogP contribution >= 0.6 is 11.6 Å². The van der Waals surface area contributed by atoms with E-state index < -0.39 is 4.92 Å². The van der Waals surface area contributed by atoms with E-state index in [1.54, 1.807) is 12.1 Å². The fourth-order valence-corrected chi connectivity index (χ4v) is 2.11. The Balaban J connectivity index is 2.10. The van der Waals surface area contributed by atoms with Crippen molar-refractivity contribution < 1.29 is 4.92 Å². The zero-order valence-electron chi connectivity index (χ0n) is 11.3. The minimum atomic E-state index is -0.392. The first-order chi connectivity index (χ1) is 9.47. The molecule has 4 nitrogen and oxygen atoms in total. The normalized spacial score (nSPS) is 10.3.